The smallest absolute Gasteiger partial charge is 0.326 e. The molecule has 5 heteroatoms. The van der Waals surface area contributed by atoms with Gasteiger partial charge in [0.1, 0.15) is 6.04 Å². The normalized spacial score (nSPS) is 15.5. The number of rotatable bonds is 8. The van der Waals surface area contributed by atoms with Crippen LogP contribution in [0.2, 0.25) is 0 Å². The van der Waals surface area contributed by atoms with Crippen molar-refractivity contribution in [2.24, 2.45) is 5.92 Å². The summed E-state index contributed by atoms with van der Waals surface area (Å²) in [6, 6.07) is 6.59. The van der Waals surface area contributed by atoms with Gasteiger partial charge in [-0.15, -0.1) is 0 Å². The van der Waals surface area contributed by atoms with E-state index < -0.39 is 12.0 Å². The summed E-state index contributed by atoms with van der Waals surface area (Å²) < 4.78 is 0. The van der Waals surface area contributed by atoms with Crippen molar-refractivity contribution in [2.45, 2.75) is 38.0 Å². The molecule has 114 valence electrons. The second kappa shape index (κ2) is 7.50. The van der Waals surface area contributed by atoms with Crippen molar-refractivity contribution in [3.63, 3.8) is 0 Å². The van der Waals surface area contributed by atoms with Gasteiger partial charge in [-0.3, -0.25) is 4.79 Å². The van der Waals surface area contributed by atoms with E-state index in [1.54, 1.807) is 12.1 Å². The van der Waals surface area contributed by atoms with Crippen molar-refractivity contribution in [1.82, 2.24) is 5.32 Å². The Balaban J connectivity index is 1.93. The van der Waals surface area contributed by atoms with Crippen LogP contribution in [0.3, 0.4) is 0 Å². The number of hydrogen-bond acceptors (Lipinski definition) is 3. The molecule has 2 rings (SSSR count). The zero-order valence-corrected chi connectivity index (χ0v) is 13.0. The van der Waals surface area contributed by atoms with Crippen LogP contribution < -0.4 is 5.32 Å². The molecule has 0 aliphatic heterocycles. The van der Waals surface area contributed by atoms with E-state index in [0.717, 1.165) is 24.3 Å². The fraction of sp³-hybridized carbons (Fsp3) is 0.500. The molecule has 1 amide bonds. The monoisotopic (exact) mass is 307 g/mol. The topological polar surface area (TPSA) is 66.4 Å². The van der Waals surface area contributed by atoms with Crippen LogP contribution in [0.4, 0.5) is 0 Å². The van der Waals surface area contributed by atoms with Gasteiger partial charge >= 0.3 is 5.97 Å². The third-order valence-corrected chi connectivity index (χ3v) is 4.50. The standard InChI is InChI=1S/C16H21NO3S/c1-2-21-10-12-5-7-13(8-6-12)15(18)17-14(16(19)20)9-11-3-4-11/h5-8,11,14H,2-4,9-10H2,1H3,(H,17,18)(H,19,20). The van der Waals surface area contributed by atoms with Gasteiger partial charge in [0.05, 0.1) is 0 Å². The molecule has 1 saturated carbocycles. The van der Waals surface area contributed by atoms with E-state index in [9.17, 15) is 9.59 Å². The molecule has 0 bridgehead atoms. The maximum atomic E-state index is 12.1. The van der Waals surface area contributed by atoms with Gasteiger partial charge in [0.2, 0.25) is 0 Å². The van der Waals surface area contributed by atoms with Crippen molar-refractivity contribution in [3.05, 3.63) is 35.4 Å². The van der Waals surface area contributed by atoms with Crippen LogP contribution in [0, 0.1) is 5.92 Å². The zero-order valence-electron chi connectivity index (χ0n) is 12.2. The van der Waals surface area contributed by atoms with Gasteiger partial charge in [-0.1, -0.05) is 31.9 Å². The van der Waals surface area contributed by atoms with Crippen molar-refractivity contribution >= 4 is 23.6 Å². The number of nitrogens with one attached hydrogen (secondary N) is 1. The lowest BCUT2D eigenvalue weighted by Gasteiger charge is -2.14. The van der Waals surface area contributed by atoms with Crippen LogP contribution in [-0.2, 0) is 10.5 Å². The SMILES string of the molecule is CCSCc1ccc(C(=O)NC(CC2CC2)C(=O)O)cc1. The Morgan fingerprint density at radius 2 is 2.00 bits per heavy atom. The van der Waals surface area contributed by atoms with E-state index in [2.05, 4.69) is 12.2 Å². The summed E-state index contributed by atoms with van der Waals surface area (Å²) in [6.45, 7) is 2.11. The van der Waals surface area contributed by atoms with Gasteiger partial charge in [-0.2, -0.15) is 11.8 Å². The third-order valence-electron chi connectivity index (χ3n) is 3.56. The highest BCUT2D eigenvalue weighted by Crippen LogP contribution is 2.33. The molecule has 0 saturated heterocycles. The third kappa shape index (κ3) is 5.08. The Labute approximate surface area is 129 Å². The van der Waals surface area contributed by atoms with Crippen LogP contribution in [0.25, 0.3) is 0 Å². The minimum atomic E-state index is -0.953. The molecule has 1 aromatic carbocycles. The maximum absolute atomic E-state index is 12.1. The van der Waals surface area contributed by atoms with E-state index in [1.807, 2.05) is 23.9 Å². The van der Waals surface area contributed by atoms with Crippen molar-refractivity contribution < 1.29 is 14.7 Å². The van der Waals surface area contributed by atoms with Gasteiger partial charge in [0.25, 0.3) is 5.91 Å². The summed E-state index contributed by atoms with van der Waals surface area (Å²) in [4.78, 5) is 23.3. The minimum absolute atomic E-state index is 0.308. The second-order valence-corrected chi connectivity index (χ2v) is 6.65. The molecule has 4 nitrogen and oxygen atoms in total. The number of aliphatic carboxylic acids is 1. The Morgan fingerprint density at radius 1 is 1.33 bits per heavy atom. The summed E-state index contributed by atoms with van der Waals surface area (Å²) in [7, 11) is 0. The fourth-order valence-electron chi connectivity index (χ4n) is 2.12. The highest BCUT2D eigenvalue weighted by molar-refractivity contribution is 7.98. The lowest BCUT2D eigenvalue weighted by Crippen LogP contribution is -2.41. The highest BCUT2D eigenvalue weighted by Gasteiger charge is 2.30. The number of carboxylic acid groups (broad SMARTS) is 1. The van der Waals surface area contributed by atoms with Crippen molar-refractivity contribution in [1.29, 1.82) is 0 Å². The molecule has 0 radical (unpaired) electrons. The number of benzene rings is 1. The quantitative estimate of drug-likeness (QED) is 0.775. The van der Waals surface area contributed by atoms with Crippen LogP contribution in [-0.4, -0.2) is 28.8 Å². The molecule has 1 aromatic rings. The summed E-state index contributed by atoms with van der Waals surface area (Å²) in [5, 5.41) is 11.8. The number of hydrogen-bond donors (Lipinski definition) is 2. The molecule has 0 spiro atoms. The van der Waals surface area contributed by atoms with Gasteiger partial charge < -0.3 is 10.4 Å². The second-order valence-electron chi connectivity index (χ2n) is 5.38. The van der Waals surface area contributed by atoms with Crippen LogP contribution >= 0.6 is 11.8 Å². The average molecular weight is 307 g/mol. The summed E-state index contributed by atoms with van der Waals surface area (Å²) in [5.41, 5.74) is 1.69. The first-order chi connectivity index (χ1) is 10.1. The molecular weight excluding hydrogens is 286 g/mol. The van der Waals surface area contributed by atoms with Gasteiger partial charge in [0.15, 0.2) is 0 Å². The number of carbonyl (C=O) groups excluding carboxylic acids is 1. The number of amides is 1. The molecule has 1 atom stereocenters. The first-order valence-electron chi connectivity index (χ1n) is 7.30. The first kappa shape index (κ1) is 15.9. The van der Waals surface area contributed by atoms with Crippen LogP contribution in [0.15, 0.2) is 24.3 Å². The lowest BCUT2D eigenvalue weighted by molar-refractivity contribution is -0.139. The van der Waals surface area contributed by atoms with Crippen LogP contribution in [0.5, 0.6) is 0 Å². The Morgan fingerprint density at radius 3 is 2.52 bits per heavy atom. The van der Waals surface area contributed by atoms with Gasteiger partial charge in [0, 0.05) is 11.3 Å². The molecule has 1 aliphatic rings. The molecule has 1 aliphatic carbocycles. The fourth-order valence-corrected chi connectivity index (χ4v) is 2.75. The van der Waals surface area contributed by atoms with Gasteiger partial charge in [-0.05, 0) is 35.8 Å². The predicted molar refractivity (Wildman–Crippen MR) is 84.5 cm³/mol. The van der Waals surface area contributed by atoms with E-state index in [0.29, 0.717) is 17.9 Å². The number of thioether (sulfide) groups is 1. The Kier molecular flexibility index (Phi) is 5.67. The summed E-state index contributed by atoms with van der Waals surface area (Å²) >= 11 is 1.83. The summed E-state index contributed by atoms with van der Waals surface area (Å²) in [5.74, 6) is 1.19. The molecule has 1 fully saturated rings. The highest BCUT2D eigenvalue weighted by atomic mass is 32.2. The van der Waals surface area contributed by atoms with E-state index >= 15 is 0 Å². The average Bonchev–Trinajstić information content (AvgIpc) is 3.28. The Bertz CT molecular complexity index is 497. The van der Waals surface area contributed by atoms with Crippen molar-refractivity contribution in [2.75, 3.05) is 5.75 Å². The van der Waals surface area contributed by atoms with Crippen LogP contribution in [0.1, 0.15) is 42.1 Å². The lowest BCUT2D eigenvalue weighted by atomic mass is 10.1. The van der Waals surface area contributed by atoms with E-state index in [-0.39, 0.29) is 5.91 Å². The summed E-state index contributed by atoms with van der Waals surface area (Å²) in [6.07, 6.45) is 2.68. The van der Waals surface area contributed by atoms with Crippen molar-refractivity contribution in [3.8, 4) is 0 Å². The number of carboxylic acids is 1. The van der Waals surface area contributed by atoms with E-state index in [1.165, 1.54) is 5.56 Å². The molecule has 21 heavy (non-hydrogen) atoms. The first-order valence-corrected chi connectivity index (χ1v) is 8.46. The number of carbonyl (C=O) groups is 2. The van der Waals surface area contributed by atoms with E-state index in [4.69, 9.17) is 5.11 Å². The molecule has 0 heterocycles. The minimum Gasteiger partial charge on any atom is -0.480 e. The molecule has 2 N–H and O–H groups in total. The zero-order chi connectivity index (χ0) is 15.2. The molecule has 1 unspecified atom stereocenters. The van der Waals surface area contributed by atoms with Gasteiger partial charge in [-0.25, -0.2) is 4.79 Å². The molecule has 0 aromatic heterocycles. The Hall–Kier alpha value is -1.49. The molecular formula is C16H21NO3S. The maximum Gasteiger partial charge on any atom is 0.326 e. The predicted octanol–water partition coefficient (Wildman–Crippen LogP) is 2.92. The largest absolute Gasteiger partial charge is 0.480 e.